The van der Waals surface area contributed by atoms with E-state index in [1.165, 1.54) is 0 Å². The van der Waals surface area contributed by atoms with Gasteiger partial charge in [-0.05, 0) is 40.0 Å². The average Bonchev–Trinajstić information content (AvgIpc) is 2.25. The fourth-order valence-electron chi connectivity index (χ4n) is 1.23. The minimum atomic E-state index is -0.0116. The third-order valence-corrected chi connectivity index (χ3v) is 2.80. The van der Waals surface area contributed by atoms with Crippen LogP contribution < -0.4 is 16.4 Å². The second kappa shape index (κ2) is 6.49. The first-order valence-electron chi connectivity index (χ1n) is 5.54. The number of benzene rings is 1. The van der Waals surface area contributed by atoms with Gasteiger partial charge in [-0.2, -0.15) is 0 Å². The predicted octanol–water partition coefficient (Wildman–Crippen LogP) is 2.22. The van der Waals surface area contributed by atoms with Crippen LogP contribution in [0.1, 0.15) is 13.8 Å². The van der Waals surface area contributed by atoms with Crippen LogP contribution in [0.3, 0.4) is 0 Å². The molecule has 1 aromatic rings. The minimum absolute atomic E-state index is 0.0116. The molecule has 1 aromatic carbocycles. The van der Waals surface area contributed by atoms with E-state index in [1.807, 2.05) is 6.07 Å². The molecule has 0 saturated heterocycles. The number of nitrogens with two attached hydrogens (primary N) is 1. The molecule has 5 heteroatoms. The van der Waals surface area contributed by atoms with Crippen molar-refractivity contribution in [2.45, 2.75) is 13.8 Å². The summed E-state index contributed by atoms with van der Waals surface area (Å²) < 4.78 is 0.856. The number of anilines is 2. The molecule has 17 heavy (non-hydrogen) atoms. The summed E-state index contributed by atoms with van der Waals surface area (Å²) in [6.45, 7) is 5.08. The molecule has 4 N–H and O–H groups in total. The van der Waals surface area contributed by atoms with Crippen molar-refractivity contribution in [1.82, 2.24) is 5.32 Å². The number of amides is 1. The first-order valence-corrected chi connectivity index (χ1v) is 6.34. The van der Waals surface area contributed by atoms with Gasteiger partial charge in [0.25, 0.3) is 0 Å². The van der Waals surface area contributed by atoms with Gasteiger partial charge in [0.2, 0.25) is 5.91 Å². The third-order valence-electron chi connectivity index (χ3n) is 2.14. The molecule has 0 heterocycles. The highest BCUT2D eigenvalue weighted by Crippen LogP contribution is 2.24. The summed E-state index contributed by atoms with van der Waals surface area (Å²) in [5.41, 5.74) is 7.17. The van der Waals surface area contributed by atoms with Gasteiger partial charge < -0.3 is 16.4 Å². The molecule has 0 atom stereocenters. The Morgan fingerprint density at radius 3 is 2.76 bits per heavy atom. The SMILES string of the molecule is CC(C)CNC(=O)CNc1ccc(N)cc1Br. The Morgan fingerprint density at radius 1 is 1.47 bits per heavy atom. The van der Waals surface area contributed by atoms with E-state index in [0.717, 1.165) is 10.2 Å². The molecule has 4 nitrogen and oxygen atoms in total. The lowest BCUT2D eigenvalue weighted by Crippen LogP contribution is -2.32. The number of carbonyl (C=O) groups excluding carboxylic acids is 1. The maximum absolute atomic E-state index is 11.5. The van der Waals surface area contributed by atoms with Gasteiger partial charge in [-0.1, -0.05) is 13.8 Å². The van der Waals surface area contributed by atoms with Crippen molar-refractivity contribution in [1.29, 1.82) is 0 Å². The second-order valence-corrected chi connectivity index (χ2v) is 5.15. The zero-order valence-electron chi connectivity index (χ0n) is 10.1. The van der Waals surface area contributed by atoms with E-state index in [9.17, 15) is 4.79 Å². The van der Waals surface area contributed by atoms with Gasteiger partial charge in [-0.3, -0.25) is 4.79 Å². The molecule has 0 fully saturated rings. The van der Waals surface area contributed by atoms with Crippen LogP contribution in [0, 0.1) is 5.92 Å². The molecule has 0 aliphatic heterocycles. The largest absolute Gasteiger partial charge is 0.399 e. The first-order chi connectivity index (χ1) is 7.99. The Labute approximate surface area is 110 Å². The number of rotatable bonds is 5. The van der Waals surface area contributed by atoms with Crippen molar-refractivity contribution >= 4 is 33.2 Å². The summed E-state index contributed by atoms with van der Waals surface area (Å²) in [5, 5.41) is 5.89. The van der Waals surface area contributed by atoms with Crippen molar-refractivity contribution < 1.29 is 4.79 Å². The maximum atomic E-state index is 11.5. The van der Waals surface area contributed by atoms with Crippen LogP contribution in [0.5, 0.6) is 0 Å². The van der Waals surface area contributed by atoms with E-state index in [-0.39, 0.29) is 12.5 Å². The summed E-state index contributed by atoms with van der Waals surface area (Å²) >= 11 is 3.39. The van der Waals surface area contributed by atoms with E-state index in [2.05, 4.69) is 40.4 Å². The number of nitrogen functional groups attached to an aromatic ring is 1. The molecule has 0 saturated carbocycles. The highest BCUT2D eigenvalue weighted by Gasteiger charge is 2.04. The van der Waals surface area contributed by atoms with Gasteiger partial charge in [-0.25, -0.2) is 0 Å². The third kappa shape index (κ3) is 5.08. The topological polar surface area (TPSA) is 67.2 Å². The normalized spacial score (nSPS) is 10.4. The van der Waals surface area contributed by atoms with Crippen LogP contribution in [0.15, 0.2) is 22.7 Å². The number of nitrogens with one attached hydrogen (secondary N) is 2. The molecule has 0 radical (unpaired) electrons. The number of hydrogen-bond acceptors (Lipinski definition) is 3. The number of carbonyl (C=O) groups is 1. The van der Waals surface area contributed by atoms with Crippen LogP contribution in [0.2, 0.25) is 0 Å². The Hall–Kier alpha value is -1.23. The van der Waals surface area contributed by atoms with Gasteiger partial charge in [0.15, 0.2) is 0 Å². The second-order valence-electron chi connectivity index (χ2n) is 4.29. The van der Waals surface area contributed by atoms with Crippen molar-refractivity contribution in [3.63, 3.8) is 0 Å². The Kier molecular flexibility index (Phi) is 5.28. The molecule has 0 bridgehead atoms. The fourth-order valence-corrected chi connectivity index (χ4v) is 1.77. The quantitative estimate of drug-likeness (QED) is 0.730. The molecular formula is C12H18BrN3O. The van der Waals surface area contributed by atoms with Crippen molar-refractivity contribution in [3.05, 3.63) is 22.7 Å². The van der Waals surface area contributed by atoms with E-state index < -0.39 is 0 Å². The summed E-state index contributed by atoms with van der Waals surface area (Å²) in [7, 11) is 0. The van der Waals surface area contributed by atoms with Crippen LogP contribution >= 0.6 is 15.9 Å². The predicted molar refractivity (Wildman–Crippen MR) is 74.9 cm³/mol. The van der Waals surface area contributed by atoms with Crippen LogP contribution in [-0.4, -0.2) is 19.0 Å². The molecule has 0 unspecified atom stereocenters. The zero-order chi connectivity index (χ0) is 12.8. The van der Waals surface area contributed by atoms with Crippen LogP contribution in [0.4, 0.5) is 11.4 Å². The molecular weight excluding hydrogens is 282 g/mol. The Bertz CT molecular complexity index is 393. The van der Waals surface area contributed by atoms with Gasteiger partial charge in [-0.15, -0.1) is 0 Å². The van der Waals surface area contributed by atoms with Crippen LogP contribution in [0.25, 0.3) is 0 Å². The smallest absolute Gasteiger partial charge is 0.239 e. The van der Waals surface area contributed by atoms with Crippen molar-refractivity contribution in [2.75, 3.05) is 24.1 Å². The molecule has 1 amide bonds. The lowest BCUT2D eigenvalue weighted by Gasteiger charge is -2.10. The van der Waals surface area contributed by atoms with Crippen molar-refractivity contribution in [2.24, 2.45) is 5.92 Å². The van der Waals surface area contributed by atoms with Crippen molar-refractivity contribution in [3.8, 4) is 0 Å². The molecule has 0 aliphatic carbocycles. The zero-order valence-corrected chi connectivity index (χ0v) is 11.7. The summed E-state index contributed by atoms with van der Waals surface area (Å²) in [6, 6.07) is 5.43. The van der Waals surface area contributed by atoms with Gasteiger partial charge in [0, 0.05) is 22.4 Å². The standard InChI is InChI=1S/C12H18BrN3O/c1-8(2)6-16-12(17)7-15-11-4-3-9(14)5-10(11)13/h3-5,8,15H,6-7,14H2,1-2H3,(H,16,17). The fraction of sp³-hybridized carbons (Fsp3) is 0.417. The maximum Gasteiger partial charge on any atom is 0.239 e. The summed E-state index contributed by atoms with van der Waals surface area (Å²) in [6.07, 6.45) is 0. The average molecular weight is 300 g/mol. The minimum Gasteiger partial charge on any atom is -0.399 e. The molecule has 0 spiro atoms. The monoisotopic (exact) mass is 299 g/mol. The number of hydrogen-bond donors (Lipinski definition) is 3. The molecule has 0 aliphatic rings. The Balaban J connectivity index is 2.42. The summed E-state index contributed by atoms with van der Waals surface area (Å²) in [5.74, 6) is 0.449. The van der Waals surface area contributed by atoms with E-state index in [1.54, 1.807) is 12.1 Å². The lowest BCUT2D eigenvalue weighted by molar-refractivity contribution is -0.119. The lowest BCUT2D eigenvalue weighted by atomic mass is 10.2. The molecule has 0 aromatic heterocycles. The number of halogens is 1. The Morgan fingerprint density at radius 2 is 2.18 bits per heavy atom. The molecule has 94 valence electrons. The van der Waals surface area contributed by atoms with E-state index in [4.69, 9.17) is 5.73 Å². The van der Waals surface area contributed by atoms with E-state index in [0.29, 0.717) is 18.2 Å². The van der Waals surface area contributed by atoms with Gasteiger partial charge >= 0.3 is 0 Å². The highest BCUT2D eigenvalue weighted by atomic mass is 79.9. The summed E-state index contributed by atoms with van der Waals surface area (Å²) in [4.78, 5) is 11.5. The van der Waals surface area contributed by atoms with Gasteiger partial charge in [0.1, 0.15) is 0 Å². The van der Waals surface area contributed by atoms with Gasteiger partial charge in [0.05, 0.1) is 6.54 Å². The first kappa shape index (κ1) is 13.8. The van der Waals surface area contributed by atoms with E-state index >= 15 is 0 Å². The highest BCUT2D eigenvalue weighted by molar-refractivity contribution is 9.10. The van der Waals surface area contributed by atoms with Crippen LogP contribution in [-0.2, 0) is 4.79 Å². The molecule has 1 rings (SSSR count).